The van der Waals surface area contributed by atoms with Gasteiger partial charge >= 0.3 is 0 Å². The Morgan fingerprint density at radius 3 is 2.08 bits per heavy atom. The Kier molecular flexibility index (Phi) is 8.27. The standard InChI is InChI=1S/C23H46N2/c1-22(2,3)12-9-17-25-18-11-21(20-25)19-23(4,5)13-10-16-24-14-7-6-8-15-24/h21H,6-20H2,1-5H3. The van der Waals surface area contributed by atoms with Crippen LogP contribution in [0.5, 0.6) is 0 Å². The lowest BCUT2D eigenvalue weighted by molar-refractivity contribution is 0.191. The summed E-state index contributed by atoms with van der Waals surface area (Å²) in [7, 11) is 0. The topological polar surface area (TPSA) is 6.48 Å². The zero-order valence-corrected chi connectivity index (χ0v) is 18.1. The number of hydrogen-bond donors (Lipinski definition) is 0. The maximum absolute atomic E-state index is 2.74. The number of nitrogens with zero attached hydrogens (tertiary/aromatic N) is 2. The first-order valence-corrected chi connectivity index (χ1v) is 11.2. The summed E-state index contributed by atoms with van der Waals surface area (Å²) in [6, 6.07) is 0. The average Bonchev–Trinajstić information content (AvgIpc) is 2.93. The first kappa shape index (κ1) is 21.2. The molecule has 0 bridgehead atoms. The third-order valence-corrected chi connectivity index (χ3v) is 6.39. The molecule has 0 radical (unpaired) electrons. The maximum atomic E-state index is 2.74. The minimum atomic E-state index is 0.496. The molecule has 2 aliphatic heterocycles. The summed E-state index contributed by atoms with van der Waals surface area (Å²) in [6.45, 7) is 20.2. The van der Waals surface area contributed by atoms with Gasteiger partial charge in [0.2, 0.25) is 0 Å². The van der Waals surface area contributed by atoms with Crippen LogP contribution in [0.15, 0.2) is 0 Å². The number of rotatable bonds is 9. The summed E-state index contributed by atoms with van der Waals surface area (Å²) in [4.78, 5) is 5.44. The minimum absolute atomic E-state index is 0.496. The Labute approximate surface area is 158 Å². The molecular weight excluding hydrogens is 304 g/mol. The van der Waals surface area contributed by atoms with E-state index in [4.69, 9.17) is 0 Å². The molecule has 0 saturated carbocycles. The van der Waals surface area contributed by atoms with Gasteiger partial charge < -0.3 is 9.80 Å². The van der Waals surface area contributed by atoms with Gasteiger partial charge in [-0.25, -0.2) is 0 Å². The monoisotopic (exact) mass is 350 g/mol. The van der Waals surface area contributed by atoms with Gasteiger partial charge in [0.25, 0.3) is 0 Å². The molecule has 25 heavy (non-hydrogen) atoms. The minimum Gasteiger partial charge on any atom is -0.303 e. The third kappa shape index (κ3) is 8.91. The normalized spacial score (nSPS) is 24.1. The van der Waals surface area contributed by atoms with E-state index >= 15 is 0 Å². The Bertz CT molecular complexity index is 363. The first-order chi connectivity index (χ1) is 11.7. The lowest BCUT2D eigenvalue weighted by atomic mass is 9.79. The molecule has 0 aromatic heterocycles. The van der Waals surface area contributed by atoms with E-state index in [0.717, 1.165) is 5.92 Å². The van der Waals surface area contributed by atoms with Crippen LogP contribution in [-0.4, -0.2) is 49.1 Å². The van der Waals surface area contributed by atoms with E-state index in [2.05, 4.69) is 44.4 Å². The van der Waals surface area contributed by atoms with E-state index in [9.17, 15) is 0 Å². The van der Waals surface area contributed by atoms with Crippen molar-refractivity contribution in [2.75, 3.05) is 39.3 Å². The molecule has 2 heteroatoms. The highest BCUT2D eigenvalue weighted by Crippen LogP contribution is 2.35. The van der Waals surface area contributed by atoms with Crippen molar-refractivity contribution >= 4 is 0 Å². The predicted octanol–water partition coefficient (Wildman–Crippen LogP) is 5.82. The van der Waals surface area contributed by atoms with Crippen LogP contribution in [0, 0.1) is 16.7 Å². The van der Waals surface area contributed by atoms with Crippen molar-refractivity contribution in [3.8, 4) is 0 Å². The fourth-order valence-corrected chi connectivity index (χ4v) is 4.96. The molecule has 1 atom stereocenters. The van der Waals surface area contributed by atoms with Gasteiger partial charge in [-0.1, -0.05) is 41.0 Å². The first-order valence-electron chi connectivity index (χ1n) is 11.2. The summed E-state index contributed by atoms with van der Waals surface area (Å²) in [5.74, 6) is 0.944. The molecule has 2 rings (SSSR count). The van der Waals surface area contributed by atoms with Crippen LogP contribution in [0.4, 0.5) is 0 Å². The Morgan fingerprint density at radius 1 is 0.760 bits per heavy atom. The van der Waals surface area contributed by atoms with E-state index in [1.807, 2.05) is 0 Å². The zero-order valence-electron chi connectivity index (χ0n) is 18.1. The number of piperidine rings is 1. The van der Waals surface area contributed by atoms with Crippen molar-refractivity contribution < 1.29 is 0 Å². The molecule has 0 aromatic carbocycles. The van der Waals surface area contributed by atoms with Crippen molar-refractivity contribution in [3.05, 3.63) is 0 Å². The molecule has 2 fully saturated rings. The molecule has 0 N–H and O–H groups in total. The molecular formula is C23H46N2. The molecule has 148 valence electrons. The Hall–Kier alpha value is -0.0800. The van der Waals surface area contributed by atoms with E-state index in [-0.39, 0.29) is 0 Å². The van der Waals surface area contributed by atoms with Crippen molar-refractivity contribution in [1.29, 1.82) is 0 Å². The van der Waals surface area contributed by atoms with E-state index in [0.29, 0.717) is 10.8 Å². The maximum Gasteiger partial charge on any atom is 0.00103 e. The molecule has 2 heterocycles. The smallest absolute Gasteiger partial charge is 0.00103 e. The Balaban J connectivity index is 1.60. The second-order valence-corrected chi connectivity index (χ2v) is 11.0. The van der Waals surface area contributed by atoms with Crippen molar-refractivity contribution in [2.45, 2.75) is 92.4 Å². The zero-order chi connectivity index (χ0) is 18.3. The van der Waals surface area contributed by atoms with E-state index in [1.54, 1.807) is 0 Å². The molecule has 0 spiro atoms. The van der Waals surface area contributed by atoms with Gasteiger partial charge in [0.1, 0.15) is 0 Å². The van der Waals surface area contributed by atoms with Crippen LogP contribution in [0.2, 0.25) is 0 Å². The molecule has 1 unspecified atom stereocenters. The lowest BCUT2D eigenvalue weighted by Gasteiger charge is -2.31. The van der Waals surface area contributed by atoms with Crippen molar-refractivity contribution in [1.82, 2.24) is 9.80 Å². The fourth-order valence-electron chi connectivity index (χ4n) is 4.96. The quantitative estimate of drug-likeness (QED) is 0.517. The van der Waals surface area contributed by atoms with Crippen LogP contribution >= 0.6 is 0 Å². The molecule has 2 nitrogen and oxygen atoms in total. The van der Waals surface area contributed by atoms with Crippen molar-refractivity contribution in [2.24, 2.45) is 16.7 Å². The van der Waals surface area contributed by atoms with Crippen LogP contribution in [0.3, 0.4) is 0 Å². The molecule has 2 saturated heterocycles. The van der Waals surface area contributed by atoms with Gasteiger partial charge in [0.15, 0.2) is 0 Å². The largest absolute Gasteiger partial charge is 0.303 e. The number of hydrogen-bond acceptors (Lipinski definition) is 2. The average molecular weight is 351 g/mol. The van der Waals surface area contributed by atoms with Gasteiger partial charge in [-0.2, -0.15) is 0 Å². The van der Waals surface area contributed by atoms with E-state index in [1.165, 1.54) is 97.1 Å². The molecule has 0 aliphatic carbocycles. The highest BCUT2D eigenvalue weighted by Gasteiger charge is 2.29. The summed E-state index contributed by atoms with van der Waals surface area (Å²) >= 11 is 0. The van der Waals surface area contributed by atoms with Crippen LogP contribution in [-0.2, 0) is 0 Å². The van der Waals surface area contributed by atoms with Gasteiger partial charge in [-0.3, -0.25) is 0 Å². The van der Waals surface area contributed by atoms with Crippen LogP contribution in [0.25, 0.3) is 0 Å². The second-order valence-electron chi connectivity index (χ2n) is 11.0. The van der Waals surface area contributed by atoms with Crippen LogP contribution < -0.4 is 0 Å². The SMILES string of the molecule is CC(C)(C)CCCN1CCC(CC(C)(C)CCCN2CCCCC2)C1. The summed E-state index contributed by atoms with van der Waals surface area (Å²) in [5, 5.41) is 0. The molecule has 0 amide bonds. The second kappa shape index (κ2) is 9.74. The lowest BCUT2D eigenvalue weighted by Crippen LogP contribution is -2.31. The highest BCUT2D eigenvalue weighted by molar-refractivity contribution is 4.82. The molecule has 0 aromatic rings. The van der Waals surface area contributed by atoms with Gasteiger partial charge in [-0.15, -0.1) is 0 Å². The van der Waals surface area contributed by atoms with E-state index < -0.39 is 0 Å². The summed E-state index contributed by atoms with van der Waals surface area (Å²) in [5.41, 5.74) is 1.03. The molecule has 2 aliphatic rings. The van der Waals surface area contributed by atoms with Crippen molar-refractivity contribution in [3.63, 3.8) is 0 Å². The van der Waals surface area contributed by atoms with Gasteiger partial charge in [0, 0.05) is 6.54 Å². The Morgan fingerprint density at radius 2 is 1.40 bits per heavy atom. The van der Waals surface area contributed by atoms with Gasteiger partial charge in [-0.05, 0) is 101 Å². The van der Waals surface area contributed by atoms with Gasteiger partial charge in [0.05, 0.1) is 0 Å². The highest BCUT2D eigenvalue weighted by atomic mass is 15.1. The number of likely N-dealkylation sites (tertiary alicyclic amines) is 2. The predicted molar refractivity (Wildman–Crippen MR) is 111 cm³/mol. The summed E-state index contributed by atoms with van der Waals surface area (Å²) < 4.78 is 0. The summed E-state index contributed by atoms with van der Waals surface area (Å²) in [6.07, 6.45) is 12.7. The fraction of sp³-hybridized carbons (Fsp3) is 1.00. The third-order valence-electron chi connectivity index (χ3n) is 6.39. The van der Waals surface area contributed by atoms with Crippen LogP contribution in [0.1, 0.15) is 92.4 Å².